The molecule has 1 atom stereocenters. The Hall–Kier alpha value is -2.22. The molecule has 0 aliphatic carbocycles. The lowest BCUT2D eigenvalue weighted by atomic mass is 9.92. The molecule has 3 nitrogen and oxygen atoms in total. The molecule has 0 spiro atoms. The summed E-state index contributed by atoms with van der Waals surface area (Å²) in [6.07, 6.45) is 0.432. The minimum atomic E-state index is -1.04. The number of hydrogen-bond acceptors (Lipinski definition) is 4. The topological polar surface area (TPSA) is 56.9 Å². The molecule has 0 aliphatic rings. The van der Waals surface area contributed by atoms with E-state index in [-0.39, 0.29) is 0 Å². The number of para-hydroxylation sites is 1. The van der Waals surface area contributed by atoms with Gasteiger partial charge in [-0.3, -0.25) is 0 Å². The summed E-state index contributed by atoms with van der Waals surface area (Å²) in [6, 6.07) is 17.1. The van der Waals surface area contributed by atoms with Gasteiger partial charge in [0, 0.05) is 6.42 Å². The van der Waals surface area contributed by atoms with Crippen molar-refractivity contribution < 1.29 is 5.11 Å². The van der Waals surface area contributed by atoms with Crippen molar-refractivity contribution >= 4 is 21.6 Å². The maximum Gasteiger partial charge on any atom is 0.0991 e. The van der Waals surface area contributed by atoms with Crippen molar-refractivity contribution in [2.24, 2.45) is 0 Å². The highest BCUT2D eigenvalue weighted by Crippen LogP contribution is 2.30. The quantitative estimate of drug-likeness (QED) is 0.802. The first-order valence-electron chi connectivity index (χ1n) is 6.66. The van der Waals surface area contributed by atoms with Crippen LogP contribution in [0, 0.1) is 11.3 Å². The van der Waals surface area contributed by atoms with Gasteiger partial charge in [0.05, 0.1) is 32.5 Å². The van der Waals surface area contributed by atoms with Crippen LogP contribution in [0.5, 0.6) is 0 Å². The van der Waals surface area contributed by atoms with Gasteiger partial charge in [0.2, 0.25) is 0 Å². The first-order chi connectivity index (χ1) is 10.1. The lowest BCUT2D eigenvalue weighted by molar-refractivity contribution is 0.0576. The first kappa shape index (κ1) is 13.7. The van der Waals surface area contributed by atoms with Gasteiger partial charge < -0.3 is 5.11 Å². The predicted molar refractivity (Wildman–Crippen MR) is 84.1 cm³/mol. The molecule has 21 heavy (non-hydrogen) atoms. The van der Waals surface area contributed by atoms with E-state index in [9.17, 15) is 5.11 Å². The summed E-state index contributed by atoms with van der Waals surface area (Å²) in [4.78, 5) is 4.56. The summed E-state index contributed by atoms with van der Waals surface area (Å²) in [5.74, 6) is 0. The summed E-state index contributed by atoms with van der Waals surface area (Å²) >= 11 is 1.59. The third-order valence-corrected chi connectivity index (χ3v) is 4.48. The zero-order valence-electron chi connectivity index (χ0n) is 11.6. The highest BCUT2D eigenvalue weighted by Gasteiger charge is 2.25. The molecule has 1 N–H and O–H groups in total. The molecule has 0 saturated heterocycles. The van der Waals surface area contributed by atoms with Crippen molar-refractivity contribution in [1.82, 2.24) is 4.98 Å². The van der Waals surface area contributed by atoms with Crippen LogP contribution in [-0.4, -0.2) is 10.1 Å². The molecular weight excluding hydrogens is 280 g/mol. The van der Waals surface area contributed by atoms with Gasteiger partial charge in [0.15, 0.2) is 0 Å². The van der Waals surface area contributed by atoms with Crippen molar-refractivity contribution in [2.75, 3.05) is 0 Å². The van der Waals surface area contributed by atoms with E-state index >= 15 is 0 Å². The fourth-order valence-electron chi connectivity index (χ4n) is 2.32. The van der Waals surface area contributed by atoms with E-state index < -0.39 is 5.60 Å². The monoisotopic (exact) mass is 294 g/mol. The maximum atomic E-state index is 10.7. The molecule has 0 radical (unpaired) electrons. The number of nitrogens with zero attached hydrogens (tertiary/aromatic N) is 2. The Morgan fingerprint density at radius 3 is 2.81 bits per heavy atom. The summed E-state index contributed by atoms with van der Waals surface area (Å²) < 4.78 is 1.12. The lowest BCUT2D eigenvalue weighted by Crippen LogP contribution is -2.24. The van der Waals surface area contributed by atoms with Gasteiger partial charge in [-0.25, -0.2) is 4.98 Å². The second-order valence-corrected chi connectivity index (χ2v) is 6.33. The van der Waals surface area contributed by atoms with E-state index in [0.717, 1.165) is 20.8 Å². The van der Waals surface area contributed by atoms with Crippen molar-refractivity contribution in [2.45, 2.75) is 18.9 Å². The Kier molecular flexibility index (Phi) is 3.46. The van der Waals surface area contributed by atoms with Crippen LogP contribution in [0.1, 0.15) is 23.1 Å². The highest BCUT2D eigenvalue weighted by molar-refractivity contribution is 7.18. The SMILES string of the molecule is CC(O)(Cc1nc2ccccc2s1)c1cccc(C#N)c1. The van der Waals surface area contributed by atoms with Gasteiger partial charge in [0.25, 0.3) is 0 Å². The highest BCUT2D eigenvalue weighted by atomic mass is 32.1. The van der Waals surface area contributed by atoms with E-state index in [1.807, 2.05) is 30.3 Å². The van der Waals surface area contributed by atoms with Crippen LogP contribution in [0.3, 0.4) is 0 Å². The fraction of sp³-hybridized carbons (Fsp3) is 0.176. The summed E-state index contributed by atoms with van der Waals surface area (Å²) in [5, 5.41) is 20.6. The molecule has 1 aromatic heterocycles. The molecule has 2 aromatic carbocycles. The molecular formula is C17H14N2OS. The number of aromatic nitrogens is 1. The number of aliphatic hydroxyl groups is 1. The second-order valence-electron chi connectivity index (χ2n) is 5.22. The van der Waals surface area contributed by atoms with Crippen LogP contribution in [0.15, 0.2) is 48.5 Å². The number of nitriles is 1. The van der Waals surface area contributed by atoms with Crippen molar-refractivity contribution in [1.29, 1.82) is 5.26 Å². The third-order valence-electron chi connectivity index (χ3n) is 3.45. The summed E-state index contributed by atoms with van der Waals surface area (Å²) in [6.45, 7) is 1.76. The minimum Gasteiger partial charge on any atom is -0.385 e. The molecule has 0 fully saturated rings. The van der Waals surface area contributed by atoms with Crippen molar-refractivity contribution in [3.05, 3.63) is 64.7 Å². The van der Waals surface area contributed by atoms with Crippen LogP contribution < -0.4 is 0 Å². The van der Waals surface area contributed by atoms with E-state index in [0.29, 0.717) is 12.0 Å². The number of fused-ring (bicyclic) bond motifs is 1. The lowest BCUT2D eigenvalue weighted by Gasteiger charge is -2.22. The molecule has 1 heterocycles. The Labute approximate surface area is 127 Å². The smallest absolute Gasteiger partial charge is 0.0991 e. The van der Waals surface area contributed by atoms with Crippen LogP contribution in [0.4, 0.5) is 0 Å². The first-order valence-corrected chi connectivity index (χ1v) is 7.47. The maximum absolute atomic E-state index is 10.7. The molecule has 0 amide bonds. The molecule has 4 heteroatoms. The second kappa shape index (κ2) is 5.28. The molecule has 3 aromatic rings. The van der Waals surface area contributed by atoms with Crippen LogP contribution >= 0.6 is 11.3 Å². The predicted octanol–water partition coefficient (Wildman–Crippen LogP) is 3.62. The molecule has 0 bridgehead atoms. The van der Waals surface area contributed by atoms with Gasteiger partial charge in [-0.2, -0.15) is 5.26 Å². The standard InChI is InChI=1S/C17H14N2OS/c1-17(20,13-6-4-5-12(9-13)11-18)10-16-19-14-7-2-3-8-15(14)21-16/h2-9,20H,10H2,1H3. The summed E-state index contributed by atoms with van der Waals surface area (Å²) in [7, 11) is 0. The number of thiazole rings is 1. The Balaban J connectivity index is 1.93. The average molecular weight is 294 g/mol. The number of benzene rings is 2. The van der Waals surface area contributed by atoms with Crippen LogP contribution in [0.25, 0.3) is 10.2 Å². The van der Waals surface area contributed by atoms with Gasteiger partial charge in [-0.1, -0.05) is 24.3 Å². The zero-order chi connectivity index (χ0) is 14.9. The van der Waals surface area contributed by atoms with Gasteiger partial charge >= 0.3 is 0 Å². The van der Waals surface area contributed by atoms with E-state index in [1.165, 1.54) is 0 Å². The average Bonchev–Trinajstić information content (AvgIpc) is 2.88. The van der Waals surface area contributed by atoms with E-state index in [1.54, 1.807) is 36.5 Å². The van der Waals surface area contributed by atoms with E-state index in [2.05, 4.69) is 11.1 Å². The normalized spacial score (nSPS) is 13.8. The van der Waals surface area contributed by atoms with Gasteiger partial charge in [0.1, 0.15) is 0 Å². The molecule has 104 valence electrons. The van der Waals surface area contributed by atoms with Gasteiger partial charge in [-0.15, -0.1) is 11.3 Å². The van der Waals surface area contributed by atoms with Crippen LogP contribution in [0.2, 0.25) is 0 Å². The third kappa shape index (κ3) is 2.80. The number of rotatable bonds is 3. The minimum absolute atomic E-state index is 0.432. The van der Waals surface area contributed by atoms with E-state index in [4.69, 9.17) is 5.26 Å². The van der Waals surface area contributed by atoms with Crippen molar-refractivity contribution in [3.63, 3.8) is 0 Å². The largest absolute Gasteiger partial charge is 0.385 e. The molecule has 1 unspecified atom stereocenters. The van der Waals surface area contributed by atoms with Crippen LogP contribution in [-0.2, 0) is 12.0 Å². The Bertz CT molecular complexity index is 797. The fourth-order valence-corrected chi connectivity index (χ4v) is 3.43. The Morgan fingerprint density at radius 1 is 1.24 bits per heavy atom. The Morgan fingerprint density at radius 2 is 2.05 bits per heavy atom. The summed E-state index contributed by atoms with van der Waals surface area (Å²) in [5.41, 5.74) is 1.21. The van der Waals surface area contributed by atoms with Crippen molar-refractivity contribution in [3.8, 4) is 6.07 Å². The number of hydrogen-bond donors (Lipinski definition) is 1. The molecule has 0 saturated carbocycles. The van der Waals surface area contributed by atoms with Gasteiger partial charge in [-0.05, 0) is 36.8 Å². The zero-order valence-corrected chi connectivity index (χ0v) is 12.4. The molecule has 3 rings (SSSR count). The molecule has 0 aliphatic heterocycles.